The molecule has 0 fully saturated rings. The Bertz CT molecular complexity index is 1120. The summed E-state index contributed by atoms with van der Waals surface area (Å²) in [6.07, 6.45) is 8.50. The van der Waals surface area contributed by atoms with Gasteiger partial charge in [-0.15, -0.1) is 0 Å². The van der Waals surface area contributed by atoms with Crippen LogP contribution >= 0.6 is 0 Å². The molecule has 0 spiro atoms. The van der Waals surface area contributed by atoms with E-state index in [0.29, 0.717) is 11.3 Å². The minimum atomic E-state index is -0.192. The van der Waals surface area contributed by atoms with Crippen molar-refractivity contribution in [1.82, 2.24) is 19.5 Å². The van der Waals surface area contributed by atoms with Crippen LogP contribution in [-0.4, -0.2) is 25.4 Å². The molecule has 4 rings (SSSR count). The van der Waals surface area contributed by atoms with Crippen LogP contribution in [0.1, 0.15) is 77.0 Å². The van der Waals surface area contributed by atoms with Crippen LogP contribution in [-0.2, 0) is 0 Å². The molecule has 2 aromatic heterocycles. The summed E-state index contributed by atoms with van der Waals surface area (Å²) in [7, 11) is 0. The van der Waals surface area contributed by atoms with Crippen molar-refractivity contribution in [2.24, 2.45) is 0 Å². The molecule has 0 aliphatic heterocycles. The van der Waals surface area contributed by atoms with E-state index in [1.807, 2.05) is 103 Å². The van der Waals surface area contributed by atoms with Crippen molar-refractivity contribution < 1.29 is 4.79 Å². The highest BCUT2D eigenvalue weighted by Crippen LogP contribution is 2.16. The topological polar surface area (TPSA) is 75.6 Å². The van der Waals surface area contributed by atoms with E-state index in [1.165, 1.54) is 0 Å². The second-order valence-corrected chi connectivity index (χ2v) is 5.77. The first kappa shape index (κ1) is 30.9. The van der Waals surface area contributed by atoms with E-state index in [2.05, 4.69) is 32.1 Å². The number of hydrogen-bond acceptors (Lipinski definition) is 3. The SMILES string of the molecule is CC.CC.CC.CC.O=C(Nc1cccc(-n2ccnc2)c1)c1cccc(C#Cc2cnc[nH]2)c1. The molecule has 4 aromatic rings. The second-order valence-electron chi connectivity index (χ2n) is 5.77. The highest BCUT2D eigenvalue weighted by atomic mass is 16.1. The van der Waals surface area contributed by atoms with E-state index in [9.17, 15) is 4.79 Å². The number of amides is 1. The lowest BCUT2D eigenvalue weighted by Crippen LogP contribution is -2.12. The molecule has 0 saturated heterocycles. The quantitative estimate of drug-likeness (QED) is 0.305. The fraction of sp³-hybridized carbons (Fsp3) is 0.276. The van der Waals surface area contributed by atoms with Crippen molar-refractivity contribution in [2.45, 2.75) is 55.4 Å². The third-order valence-electron chi connectivity index (χ3n) is 3.87. The second kappa shape index (κ2) is 19.4. The number of nitrogens with zero attached hydrogens (tertiary/aromatic N) is 3. The maximum atomic E-state index is 12.6. The first-order chi connectivity index (χ1) is 17.3. The predicted molar refractivity (Wildman–Crippen MR) is 148 cm³/mol. The van der Waals surface area contributed by atoms with Crippen molar-refractivity contribution in [3.8, 4) is 17.5 Å². The fourth-order valence-electron chi connectivity index (χ4n) is 2.56. The summed E-state index contributed by atoms with van der Waals surface area (Å²) < 4.78 is 1.88. The Morgan fingerprint density at radius 2 is 1.60 bits per heavy atom. The number of rotatable bonds is 3. The smallest absolute Gasteiger partial charge is 0.255 e. The summed E-state index contributed by atoms with van der Waals surface area (Å²) in [4.78, 5) is 23.5. The molecule has 6 nitrogen and oxygen atoms in total. The van der Waals surface area contributed by atoms with Gasteiger partial charge in [-0.3, -0.25) is 4.79 Å². The molecule has 0 radical (unpaired) electrons. The molecule has 35 heavy (non-hydrogen) atoms. The van der Waals surface area contributed by atoms with Gasteiger partial charge in [-0.2, -0.15) is 0 Å². The van der Waals surface area contributed by atoms with Gasteiger partial charge in [0.15, 0.2) is 0 Å². The third kappa shape index (κ3) is 10.6. The molecule has 0 saturated carbocycles. The maximum Gasteiger partial charge on any atom is 0.255 e. The summed E-state index contributed by atoms with van der Waals surface area (Å²) in [5, 5.41) is 2.92. The average molecular weight is 474 g/mol. The number of nitrogens with one attached hydrogen (secondary N) is 2. The van der Waals surface area contributed by atoms with Crippen molar-refractivity contribution in [3.63, 3.8) is 0 Å². The molecule has 186 valence electrons. The van der Waals surface area contributed by atoms with Crippen LogP contribution in [0.5, 0.6) is 0 Å². The molecule has 2 aromatic carbocycles. The number of H-pyrrole nitrogens is 1. The van der Waals surface area contributed by atoms with Gasteiger partial charge in [0, 0.05) is 34.9 Å². The van der Waals surface area contributed by atoms with Crippen LogP contribution in [0.25, 0.3) is 5.69 Å². The van der Waals surface area contributed by atoms with Crippen LogP contribution in [0.3, 0.4) is 0 Å². The lowest BCUT2D eigenvalue weighted by molar-refractivity contribution is 0.102. The van der Waals surface area contributed by atoms with Crippen LogP contribution in [0.15, 0.2) is 79.8 Å². The van der Waals surface area contributed by atoms with E-state index < -0.39 is 0 Å². The number of hydrogen-bond donors (Lipinski definition) is 2. The minimum Gasteiger partial charge on any atom is -0.338 e. The minimum absolute atomic E-state index is 0.192. The molecule has 1 amide bonds. The predicted octanol–water partition coefficient (Wildman–Crippen LogP) is 7.35. The van der Waals surface area contributed by atoms with Gasteiger partial charge in [0.1, 0.15) is 5.69 Å². The zero-order valence-corrected chi connectivity index (χ0v) is 22.3. The molecule has 6 heteroatoms. The van der Waals surface area contributed by atoms with Crippen LogP contribution in [0.4, 0.5) is 5.69 Å². The molecule has 0 unspecified atom stereocenters. The van der Waals surface area contributed by atoms with Crippen molar-refractivity contribution in [3.05, 3.63) is 96.6 Å². The van der Waals surface area contributed by atoms with Gasteiger partial charge >= 0.3 is 0 Å². The Balaban J connectivity index is 0.00000132. The van der Waals surface area contributed by atoms with Gasteiger partial charge in [0.2, 0.25) is 0 Å². The lowest BCUT2D eigenvalue weighted by atomic mass is 10.1. The van der Waals surface area contributed by atoms with Gasteiger partial charge in [0.25, 0.3) is 5.91 Å². The van der Waals surface area contributed by atoms with Crippen molar-refractivity contribution in [2.75, 3.05) is 5.32 Å². The summed E-state index contributed by atoms with van der Waals surface area (Å²) >= 11 is 0. The van der Waals surface area contributed by atoms with Crippen LogP contribution in [0.2, 0.25) is 0 Å². The largest absolute Gasteiger partial charge is 0.338 e. The third-order valence-corrected chi connectivity index (χ3v) is 3.87. The first-order valence-corrected chi connectivity index (χ1v) is 12.3. The molecule has 0 bridgehead atoms. The zero-order valence-electron chi connectivity index (χ0n) is 22.3. The normalized spacial score (nSPS) is 8.46. The molecule has 2 heterocycles. The first-order valence-electron chi connectivity index (χ1n) is 12.3. The molecule has 0 aliphatic carbocycles. The summed E-state index contributed by atoms with van der Waals surface area (Å²) in [6.45, 7) is 16.0. The Hall–Kier alpha value is -4.11. The number of aromatic nitrogens is 4. The highest BCUT2D eigenvalue weighted by Gasteiger charge is 2.07. The Labute approximate surface area is 210 Å². The fourth-order valence-corrected chi connectivity index (χ4v) is 2.56. The van der Waals surface area contributed by atoms with Gasteiger partial charge < -0.3 is 14.9 Å². The lowest BCUT2D eigenvalue weighted by Gasteiger charge is -2.08. The van der Waals surface area contributed by atoms with Gasteiger partial charge in [0.05, 0.1) is 18.9 Å². The monoisotopic (exact) mass is 473 g/mol. The Morgan fingerprint density at radius 3 is 2.23 bits per heavy atom. The van der Waals surface area contributed by atoms with E-state index in [1.54, 1.807) is 37.2 Å². The highest BCUT2D eigenvalue weighted by molar-refractivity contribution is 6.04. The maximum absolute atomic E-state index is 12.6. The average Bonchev–Trinajstić information content (AvgIpc) is 3.68. The number of aromatic amines is 1. The van der Waals surface area contributed by atoms with Gasteiger partial charge in [-0.05, 0) is 42.3 Å². The molecule has 2 N–H and O–H groups in total. The molecular formula is C29H39N5O. The zero-order chi connectivity index (χ0) is 26.5. The molecular weight excluding hydrogens is 434 g/mol. The number of imidazole rings is 2. The Morgan fingerprint density at radius 1 is 0.886 bits per heavy atom. The summed E-state index contributed by atoms with van der Waals surface area (Å²) in [6, 6.07) is 14.8. The van der Waals surface area contributed by atoms with E-state index in [4.69, 9.17) is 0 Å². The van der Waals surface area contributed by atoms with Gasteiger partial charge in [-0.25, -0.2) is 9.97 Å². The number of anilines is 1. The molecule has 0 atom stereocenters. The van der Waals surface area contributed by atoms with Crippen molar-refractivity contribution >= 4 is 11.6 Å². The van der Waals surface area contributed by atoms with Crippen LogP contribution in [0, 0.1) is 11.8 Å². The number of carbonyl (C=O) groups excluding carboxylic acids is 1. The van der Waals surface area contributed by atoms with E-state index in [-0.39, 0.29) is 5.91 Å². The van der Waals surface area contributed by atoms with E-state index in [0.717, 1.165) is 16.9 Å². The van der Waals surface area contributed by atoms with Crippen LogP contribution < -0.4 is 5.32 Å². The summed E-state index contributed by atoms with van der Waals surface area (Å²) in [5.74, 6) is 5.80. The summed E-state index contributed by atoms with van der Waals surface area (Å²) in [5.41, 5.74) is 3.65. The van der Waals surface area contributed by atoms with Crippen molar-refractivity contribution in [1.29, 1.82) is 0 Å². The molecule has 0 aliphatic rings. The Kier molecular flexibility index (Phi) is 17.1. The number of carbonyl (C=O) groups is 1. The van der Waals surface area contributed by atoms with Gasteiger partial charge in [-0.1, -0.05) is 73.4 Å². The number of benzene rings is 2. The van der Waals surface area contributed by atoms with E-state index >= 15 is 0 Å². The standard InChI is InChI=1S/C21H15N5O.4C2H6/c27-21(25-18-5-2-6-20(12-18)26-10-9-22-15-26)17-4-1-3-16(11-17)7-8-19-13-23-14-24-19;4*1-2/h1-6,9-15H,(H,23,24)(H,25,27);4*1-2H3.